The first-order valence-corrected chi connectivity index (χ1v) is 6.95. The smallest absolute Gasteiger partial charge is 0.348 e. The number of hydrogen-bond donors (Lipinski definition) is 2. The third kappa shape index (κ3) is 3.10. The van der Waals surface area contributed by atoms with Gasteiger partial charge in [-0.25, -0.2) is 19.3 Å². The van der Waals surface area contributed by atoms with Crippen molar-refractivity contribution in [2.75, 3.05) is 5.32 Å². The normalized spacial score (nSPS) is 12.4. The highest BCUT2D eigenvalue weighted by Crippen LogP contribution is 2.10. The van der Waals surface area contributed by atoms with E-state index < -0.39 is 0 Å². The number of aromatic nitrogens is 4. The number of benzene rings is 1. The van der Waals surface area contributed by atoms with Crippen LogP contribution in [0.25, 0.3) is 5.65 Å². The van der Waals surface area contributed by atoms with Crippen LogP contribution in [0.1, 0.15) is 18.9 Å². The van der Waals surface area contributed by atoms with Crippen molar-refractivity contribution in [2.45, 2.75) is 25.8 Å². The van der Waals surface area contributed by atoms with Gasteiger partial charge >= 0.3 is 5.69 Å². The minimum atomic E-state index is -0.277. The summed E-state index contributed by atoms with van der Waals surface area (Å²) in [6.45, 7) is 2.12. The van der Waals surface area contributed by atoms with Gasteiger partial charge in [0.05, 0.1) is 0 Å². The van der Waals surface area contributed by atoms with E-state index in [0.29, 0.717) is 5.65 Å². The Kier molecular flexibility index (Phi) is 3.68. The van der Waals surface area contributed by atoms with Crippen molar-refractivity contribution in [1.82, 2.24) is 19.6 Å². The van der Waals surface area contributed by atoms with Crippen molar-refractivity contribution >= 4 is 11.5 Å². The molecule has 1 unspecified atom stereocenters. The number of fused-ring (bicyclic) bond motifs is 1. The SMILES string of the molecule is CC(CCc1ccccc1)Nc1cc2n[nH]c(=O)n2cn1. The molecule has 0 aliphatic rings. The predicted octanol–water partition coefficient (Wildman–Crippen LogP) is 1.85. The Labute approximate surface area is 121 Å². The monoisotopic (exact) mass is 283 g/mol. The van der Waals surface area contributed by atoms with E-state index in [1.807, 2.05) is 6.07 Å². The van der Waals surface area contributed by atoms with Gasteiger partial charge in [0, 0.05) is 12.1 Å². The Bertz CT molecular complexity index is 777. The second-order valence-corrected chi connectivity index (χ2v) is 5.10. The lowest BCUT2D eigenvalue weighted by molar-refractivity contribution is 0.702. The Morgan fingerprint density at radius 2 is 2.14 bits per heavy atom. The van der Waals surface area contributed by atoms with E-state index >= 15 is 0 Å². The second kappa shape index (κ2) is 5.78. The Morgan fingerprint density at radius 1 is 1.33 bits per heavy atom. The van der Waals surface area contributed by atoms with Crippen LogP contribution in [-0.2, 0) is 6.42 Å². The fourth-order valence-corrected chi connectivity index (χ4v) is 2.24. The van der Waals surface area contributed by atoms with Crippen LogP contribution in [0.15, 0.2) is 47.5 Å². The topological polar surface area (TPSA) is 75.1 Å². The summed E-state index contributed by atoms with van der Waals surface area (Å²) < 4.78 is 1.37. The van der Waals surface area contributed by atoms with Gasteiger partial charge < -0.3 is 5.32 Å². The molecule has 0 saturated carbocycles. The van der Waals surface area contributed by atoms with Crippen molar-refractivity contribution in [3.05, 3.63) is 58.8 Å². The van der Waals surface area contributed by atoms with Crippen LogP contribution >= 0.6 is 0 Å². The summed E-state index contributed by atoms with van der Waals surface area (Å²) in [7, 11) is 0. The number of nitrogens with zero attached hydrogens (tertiary/aromatic N) is 3. The second-order valence-electron chi connectivity index (χ2n) is 5.10. The molecule has 6 nitrogen and oxygen atoms in total. The zero-order valence-electron chi connectivity index (χ0n) is 11.8. The standard InChI is InChI=1S/C15H17N5O/c1-11(7-8-12-5-3-2-4-6-12)17-13-9-14-18-19-15(21)20(14)10-16-13/h2-6,9-11,17H,7-8H2,1H3,(H,19,21). The van der Waals surface area contributed by atoms with Gasteiger partial charge in [-0.05, 0) is 25.3 Å². The molecule has 21 heavy (non-hydrogen) atoms. The Morgan fingerprint density at radius 3 is 2.95 bits per heavy atom. The van der Waals surface area contributed by atoms with Crippen molar-refractivity contribution in [3.63, 3.8) is 0 Å². The number of aromatic amines is 1. The highest BCUT2D eigenvalue weighted by atomic mass is 16.1. The average Bonchev–Trinajstić information content (AvgIpc) is 2.87. The number of rotatable bonds is 5. The van der Waals surface area contributed by atoms with Crippen molar-refractivity contribution in [3.8, 4) is 0 Å². The minimum absolute atomic E-state index is 0.277. The van der Waals surface area contributed by atoms with Crippen LogP contribution in [0.4, 0.5) is 5.82 Å². The van der Waals surface area contributed by atoms with Crippen LogP contribution in [0.5, 0.6) is 0 Å². The summed E-state index contributed by atoms with van der Waals surface area (Å²) in [5.41, 5.74) is 1.61. The van der Waals surface area contributed by atoms with Gasteiger partial charge in [0.2, 0.25) is 0 Å². The summed E-state index contributed by atoms with van der Waals surface area (Å²) in [5, 5.41) is 9.65. The van der Waals surface area contributed by atoms with Crippen molar-refractivity contribution < 1.29 is 0 Å². The molecule has 1 atom stereocenters. The maximum atomic E-state index is 11.4. The van der Waals surface area contributed by atoms with Crippen LogP contribution in [0, 0.1) is 0 Å². The highest BCUT2D eigenvalue weighted by Gasteiger charge is 2.06. The van der Waals surface area contributed by atoms with Gasteiger partial charge in [-0.15, -0.1) is 0 Å². The summed E-state index contributed by atoms with van der Waals surface area (Å²) in [6.07, 6.45) is 3.50. The van der Waals surface area contributed by atoms with Gasteiger partial charge in [-0.1, -0.05) is 30.3 Å². The molecule has 0 fully saturated rings. The Hall–Kier alpha value is -2.63. The summed E-state index contributed by atoms with van der Waals surface area (Å²) in [6, 6.07) is 12.4. The van der Waals surface area contributed by atoms with Gasteiger partial charge in [-0.3, -0.25) is 0 Å². The predicted molar refractivity (Wildman–Crippen MR) is 81.5 cm³/mol. The summed E-state index contributed by atoms with van der Waals surface area (Å²) >= 11 is 0. The first-order valence-electron chi connectivity index (χ1n) is 6.95. The molecule has 2 N–H and O–H groups in total. The molecule has 1 aromatic carbocycles. The number of anilines is 1. The molecule has 2 aromatic heterocycles. The number of H-pyrrole nitrogens is 1. The van der Waals surface area contributed by atoms with Crippen molar-refractivity contribution in [1.29, 1.82) is 0 Å². The molecule has 0 bridgehead atoms. The lowest BCUT2D eigenvalue weighted by Crippen LogP contribution is -2.17. The molecular weight excluding hydrogens is 266 g/mol. The maximum Gasteiger partial charge on any atom is 0.348 e. The Balaban J connectivity index is 1.63. The average molecular weight is 283 g/mol. The molecule has 0 aliphatic heterocycles. The van der Waals surface area contributed by atoms with E-state index in [1.54, 1.807) is 6.07 Å². The molecule has 0 radical (unpaired) electrons. The van der Waals surface area contributed by atoms with Crippen LogP contribution < -0.4 is 11.0 Å². The molecule has 0 aliphatic carbocycles. The van der Waals surface area contributed by atoms with Crippen LogP contribution in [-0.4, -0.2) is 25.6 Å². The minimum Gasteiger partial charge on any atom is -0.367 e. The van der Waals surface area contributed by atoms with Gasteiger partial charge in [-0.2, -0.15) is 5.10 Å². The molecule has 0 amide bonds. The third-order valence-electron chi connectivity index (χ3n) is 3.41. The van der Waals surface area contributed by atoms with E-state index in [0.717, 1.165) is 18.7 Å². The largest absolute Gasteiger partial charge is 0.367 e. The van der Waals surface area contributed by atoms with Crippen LogP contribution in [0.3, 0.4) is 0 Å². The third-order valence-corrected chi connectivity index (χ3v) is 3.41. The molecular formula is C15H17N5O. The summed E-state index contributed by atoms with van der Waals surface area (Å²) in [4.78, 5) is 15.6. The van der Waals surface area contributed by atoms with E-state index in [4.69, 9.17) is 0 Å². The zero-order valence-corrected chi connectivity index (χ0v) is 11.8. The molecule has 2 heterocycles. The van der Waals surface area contributed by atoms with Gasteiger partial charge in [0.1, 0.15) is 12.1 Å². The molecule has 3 rings (SSSR count). The number of aryl methyl sites for hydroxylation is 1. The maximum absolute atomic E-state index is 11.4. The zero-order chi connectivity index (χ0) is 14.7. The lowest BCUT2D eigenvalue weighted by Gasteiger charge is -2.14. The van der Waals surface area contributed by atoms with Gasteiger partial charge in [0.15, 0.2) is 5.65 Å². The van der Waals surface area contributed by atoms with Gasteiger partial charge in [0.25, 0.3) is 0 Å². The fraction of sp³-hybridized carbons (Fsp3) is 0.267. The molecule has 0 spiro atoms. The number of hydrogen-bond acceptors (Lipinski definition) is 4. The molecule has 0 saturated heterocycles. The number of nitrogens with one attached hydrogen (secondary N) is 2. The molecule has 6 heteroatoms. The van der Waals surface area contributed by atoms with E-state index in [-0.39, 0.29) is 11.7 Å². The summed E-state index contributed by atoms with van der Waals surface area (Å²) in [5.74, 6) is 0.724. The van der Waals surface area contributed by atoms with Crippen LogP contribution in [0.2, 0.25) is 0 Å². The lowest BCUT2D eigenvalue weighted by atomic mass is 10.1. The highest BCUT2D eigenvalue weighted by molar-refractivity contribution is 5.48. The quantitative estimate of drug-likeness (QED) is 0.749. The fourth-order valence-electron chi connectivity index (χ4n) is 2.24. The van der Waals surface area contributed by atoms with Crippen molar-refractivity contribution in [2.24, 2.45) is 0 Å². The first-order chi connectivity index (χ1) is 10.2. The van der Waals surface area contributed by atoms with E-state index in [1.165, 1.54) is 16.3 Å². The van der Waals surface area contributed by atoms with E-state index in [9.17, 15) is 4.79 Å². The first kappa shape index (κ1) is 13.4. The molecule has 3 aromatic rings. The van der Waals surface area contributed by atoms with E-state index in [2.05, 4.69) is 51.7 Å². The molecule has 108 valence electrons.